The lowest BCUT2D eigenvalue weighted by Gasteiger charge is -2.22. The minimum atomic E-state index is -4.39. The maximum Gasteiger partial charge on any atom is 0.404 e. The normalized spacial score (nSPS) is 15.4. The summed E-state index contributed by atoms with van der Waals surface area (Å²) in [6, 6.07) is 1.27. The lowest BCUT2D eigenvalue weighted by Crippen LogP contribution is -2.26. The Kier molecular flexibility index (Phi) is 3.14. The van der Waals surface area contributed by atoms with E-state index in [1.165, 1.54) is 6.07 Å². The summed E-state index contributed by atoms with van der Waals surface area (Å²) in [5.74, 6) is -1.84. The van der Waals surface area contributed by atoms with Crippen LogP contribution in [0.25, 0.3) is 0 Å². The van der Waals surface area contributed by atoms with Crippen molar-refractivity contribution >= 4 is 0 Å². The van der Waals surface area contributed by atoms with E-state index in [0.29, 0.717) is 0 Å². The summed E-state index contributed by atoms with van der Waals surface area (Å²) >= 11 is 0. The highest BCUT2D eigenvalue weighted by atomic mass is 19.4. The summed E-state index contributed by atoms with van der Waals surface area (Å²) in [4.78, 5) is 0. The van der Waals surface area contributed by atoms with Crippen molar-refractivity contribution in [1.82, 2.24) is 0 Å². The van der Waals surface area contributed by atoms with Crippen LogP contribution in [-0.4, -0.2) is 6.18 Å². The van der Waals surface area contributed by atoms with Crippen molar-refractivity contribution in [2.24, 2.45) is 11.3 Å². The van der Waals surface area contributed by atoms with Gasteiger partial charge < -0.3 is 0 Å². The van der Waals surface area contributed by atoms with Crippen molar-refractivity contribution in [2.45, 2.75) is 33.4 Å². The molecule has 0 aromatic rings. The van der Waals surface area contributed by atoms with E-state index in [-0.39, 0.29) is 6.42 Å². The lowest BCUT2D eigenvalue weighted by molar-refractivity contribution is -0.165. The topological polar surface area (TPSA) is 23.8 Å². The van der Waals surface area contributed by atoms with Gasteiger partial charge in [-0.2, -0.15) is 18.4 Å². The minimum absolute atomic E-state index is 0.146. The number of rotatable bonds is 1. The maximum absolute atomic E-state index is 12.0. The highest BCUT2D eigenvalue weighted by Crippen LogP contribution is 2.34. The quantitative estimate of drug-likeness (QED) is 0.606. The first kappa shape index (κ1) is 11.3. The Hall–Kier alpha value is -0.720. The van der Waals surface area contributed by atoms with Crippen LogP contribution >= 0.6 is 0 Å². The third-order valence-electron chi connectivity index (χ3n) is 1.37. The van der Waals surface area contributed by atoms with Crippen LogP contribution in [-0.2, 0) is 0 Å². The molecule has 0 aliphatic rings. The van der Waals surface area contributed by atoms with E-state index in [1.54, 1.807) is 20.8 Å². The van der Waals surface area contributed by atoms with Gasteiger partial charge in [-0.3, -0.25) is 0 Å². The van der Waals surface area contributed by atoms with Crippen molar-refractivity contribution in [3.8, 4) is 6.07 Å². The number of nitriles is 1. The fourth-order valence-electron chi connectivity index (χ4n) is 0.847. The average molecular weight is 179 g/mol. The molecule has 0 fully saturated rings. The van der Waals surface area contributed by atoms with Crippen molar-refractivity contribution in [2.75, 3.05) is 0 Å². The van der Waals surface area contributed by atoms with E-state index < -0.39 is 17.5 Å². The molecule has 1 atom stereocenters. The summed E-state index contributed by atoms with van der Waals surface area (Å²) in [7, 11) is 0. The van der Waals surface area contributed by atoms with Gasteiger partial charge in [-0.1, -0.05) is 20.8 Å². The number of nitrogens with zero attached hydrogens (tertiary/aromatic N) is 1. The van der Waals surface area contributed by atoms with Gasteiger partial charge in [-0.05, 0) is 11.8 Å². The molecule has 1 nitrogen and oxygen atoms in total. The number of halogens is 3. The van der Waals surface area contributed by atoms with E-state index in [4.69, 9.17) is 5.26 Å². The van der Waals surface area contributed by atoms with Gasteiger partial charge in [0.1, 0.15) is 5.92 Å². The first-order valence-electron chi connectivity index (χ1n) is 3.63. The maximum atomic E-state index is 12.0. The Morgan fingerprint density at radius 1 is 1.25 bits per heavy atom. The van der Waals surface area contributed by atoms with Crippen LogP contribution in [0.1, 0.15) is 27.2 Å². The third kappa shape index (κ3) is 4.22. The van der Waals surface area contributed by atoms with Crippen molar-refractivity contribution < 1.29 is 13.2 Å². The Morgan fingerprint density at radius 3 is 1.75 bits per heavy atom. The fourth-order valence-corrected chi connectivity index (χ4v) is 0.847. The molecule has 0 amide bonds. The third-order valence-corrected chi connectivity index (χ3v) is 1.37. The molecule has 0 heterocycles. The Balaban J connectivity index is 4.33. The largest absolute Gasteiger partial charge is 0.404 e. The van der Waals surface area contributed by atoms with Crippen LogP contribution < -0.4 is 0 Å². The molecule has 0 aromatic heterocycles. The molecule has 70 valence electrons. The van der Waals surface area contributed by atoms with Gasteiger partial charge >= 0.3 is 6.18 Å². The molecule has 0 rings (SSSR count). The van der Waals surface area contributed by atoms with Crippen LogP contribution in [0.2, 0.25) is 0 Å². The molecule has 1 unspecified atom stereocenters. The zero-order valence-corrected chi connectivity index (χ0v) is 7.37. The highest BCUT2D eigenvalue weighted by molar-refractivity contribution is 4.90. The Morgan fingerprint density at radius 2 is 1.67 bits per heavy atom. The van der Waals surface area contributed by atoms with Gasteiger partial charge in [0.05, 0.1) is 6.07 Å². The van der Waals surface area contributed by atoms with Crippen LogP contribution in [0.3, 0.4) is 0 Å². The van der Waals surface area contributed by atoms with Crippen LogP contribution in [0, 0.1) is 22.7 Å². The molecule has 4 heteroatoms. The summed E-state index contributed by atoms with van der Waals surface area (Å²) in [5.41, 5.74) is -0.462. The van der Waals surface area contributed by atoms with Gasteiger partial charge in [0, 0.05) is 0 Å². The first-order chi connectivity index (χ1) is 5.17. The molecule has 0 spiro atoms. The van der Waals surface area contributed by atoms with E-state index in [9.17, 15) is 13.2 Å². The summed E-state index contributed by atoms with van der Waals surface area (Å²) in [6.45, 7) is 5.05. The molecule has 0 saturated heterocycles. The van der Waals surface area contributed by atoms with E-state index in [0.717, 1.165) is 0 Å². The second-order valence-corrected chi connectivity index (χ2v) is 3.99. The van der Waals surface area contributed by atoms with E-state index in [2.05, 4.69) is 0 Å². The first-order valence-corrected chi connectivity index (χ1v) is 3.63. The molecule has 0 saturated carbocycles. The molecule has 0 aliphatic heterocycles. The van der Waals surface area contributed by atoms with Crippen molar-refractivity contribution in [3.05, 3.63) is 0 Å². The molecule has 0 aliphatic carbocycles. The minimum Gasteiger partial charge on any atom is -0.198 e. The SMILES string of the molecule is CC(C)(C)CC(C#N)C(F)(F)F. The standard InChI is InChI=1S/C8H12F3N/c1-7(2,3)4-6(5-12)8(9,10)11/h6H,4H2,1-3H3. The van der Waals surface area contributed by atoms with Crippen molar-refractivity contribution in [1.29, 1.82) is 5.26 Å². The summed E-state index contributed by atoms with van der Waals surface area (Å²) in [6.07, 6.45) is -4.53. The highest BCUT2D eigenvalue weighted by Gasteiger charge is 2.41. The molecule has 0 radical (unpaired) electrons. The number of alkyl halides is 3. The lowest BCUT2D eigenvalue weighted by atomic mass is 9.85. The second-order valence-electron chi connectivity index (χ2n) is 3.99. The van der Waals surface area contributed by atoms with Gasteiger partial charge in [0.2, 0.25) is 0 Å². The monoisotopic (exact) mass is 179 g/mol. The Labute approximate surface area is 70.2 Å². The van der Waals surface area contributed by atoms with Gasteiger partial charge in [-0.25, -0.2) is 0 Å². The van der Waals surface area contributed by atoms with Gasteiger partial charge in [0.25, 0.3) is 0 Å². The summed E-state index contributed by atoms with van der Waals surface area (Å²) < 4.78 is 36.1. The van der Waals surface area contributed by atoms with Crippen LogP contribution in [0.4, 0.5) is 13.2 Å². The zero-order valence-electron chi connectivity index (χ0n) is 7.37. The fraction of sp³-hybridized carbons (Fsp3) is 0.875. The number of hydrogen-bond donors (Lipinski definition) is 0. The predicted octanol–water partition coefficient (Wildman–Crippen LogP) is 3.12. The van der Waals surface area contributed by atoms with Gasteiger partial charge in [0.15, 0.2) is 0 Å². The average Bonchev–Trinajstić information content (AvgIpc) is 1.78. The molecule has 0 N–H and O–H groups in total. The second kappa shape index (κ2) is 3.34. The van der Waals surface area contributed by atoms with Crippen LogP contribution in [0.15, 0.2) is 0 Å². The van der Waals surface area contributed by atoms with E-state index >= 15 is 0 Å². The van der Waals surface area contributed by atoms with Crippen molar-refractivity contribution in [3.63, 3.8) is 0 Å². The Bertz CT molecular complexity index is 182. The molecule has 12 heavy (non-hydrogen) atoms. The van der Waals surface area contributed by atoms with E-state index in [1.807, 2.05) is 0 Å². The zero-order chi connectivity index (χ0) is 9.99. The van der Waals surface area contributed by atoms with Crippen LogP contribution in [0.5, 0.6) is 0 Å². The molecule has 0 aromatic carbocycles. The summed E-state index contributed by atoms with van der Waals surface area (Å²) in [5, 5.41) is 8.25. The molecule has 0 bridgehead atoms. The molecular weight excluding hydrogens is 167 g/mol. The predicted molar refractivity (Wildman–Crippen MR) is 39.2 cm³/mol. The van der Waals surface area contributed by atoms with Gasteiger partial charge in [-0.15, -0.1) is 0 Å². The smallest absolute Gasteiger partial charge is 0.198 e. The molecular formula is C8H12F3N. The number of hydrogen-bond acceptors (Lipinski definition) is 1.